The molecule has 22 aromatic rings. The molecule has 14 nitrogen and oxygen atoms in total. The van der Waals surface area contributed by atoms with Crippen molar-refractivity contribution in [1.29, 1.82) is 0 Å². The van der Waals surface area contributed by atoms with Gasteiger partial charge in [-0.2, -0.15) is 0 Å². The van der Waals surface area contributed by atoms with Gasteiger partial charge in [0.15, 0.2) is 5.58 Å². The minimum Gasteiger partial charge on any atom is -0.453 e. The molecule has 0 aliphatic carbocycles. The molecule has 0 aliphatic rings. The molecular formula is C100H104N12O2S4. The number of furan rings is 2. The van der Waals surface area contributed by atoms with E-state index in [1.165, 1.54) is 75.3 Å². The number of nitrogens with zero attached hydrogens (tertiary/aromatic N) is 12. The average molecular weight is 1630 g/mol. The quantitative estimate of drug-likeness (QED) is 0.140. The highest BCUT2D eigenvalue weighted by molar-refractivity contribution is 7.26. The summed E-state index contributed by atoms with van der Waals surface area (Å²) in [6, 6.07) is 89.9. The Kier molecular flexibility index (Phi) is 41.2. The highest BCUT2D eigenvalue weighted by Gasteiger charge is 2.10. The highest BCUT2D eigenvalue weighted by Crippen LogP contribution is 2.35. The third-order valence-corrected chi connectivity index (χ3v) is 20.4. The largest absolute Gasteiger partial charge is 0.453 e. The van der Waals surface area contributed by atoms with Crippen molar-refractivity contribution in [3.8, 4) is 0 Å². The molecule has 0 saturated heterocycles. The predicted molar refractivity (Wildman–Crippen MR) is 511 cm³/mol. The number of benzene rings is 10. The van der Waals surface area contributed by atoms with Gasteiger partial charge in [-0.05, 0) is 70.2 Å². The highest BCUT2D eigenvalue weighted by atomic mass is 32.1. The van der Waals surface area contributed by atoms with Gasteiger partial charge >= 0.3 is 0 Å². The summed E-state index contributed by atoms with van der Waals surface area (Å²) < 4.78 is 18.4. The van der Waals surface area contributed by atoms with Crippen LogP contribution in [0.1, 0.15) is 105 Å². The van der Waals surface area contributed by atoms with Crippen molar-refractivity contribution in [3.63, 3.8) is 0 Å². The van der Waals surface area contributed by atoms with Crippen molar-refractivity contribution in [2.24, 2.45) is 0 Å². The molecular weight excluding hydrogens is 1530 g/mol. The van der Waals surface area contributed by atoms with E-state index in [-0.39, 0.29) is 0 Å². The molecule has 118 heavy (non-hydrogen) atoms. The average Bonchev–Trinajstić information content (AvgIpc) is 1.69. The first-order valence-corrected chi connectivity index (χ1v) is 43.0. The van der Waals surface area contributed by atoms with Gasteiger partial charge in [0, 0.05) is 92.9 Å². The van der Waals surface area contributed by atoms with Gasteiger partial charge in [-0.3, -0.25) is 0 Å². The van der Waals surface area contributed by atoms with E-state index in [0.29, 0.717) is 5.71 Å². The first-order valence-electron chi connectivity index (χ1n) is 39.8. The fourth-order valence-electron chi connectivity index (χ4n) is 10.9. The Labute approximate surface area is 709 Å². The molecule has 12 heterocycles. The Balaban J connectivity index is 0.000000180. The summed E-state index contributed by atoms with van der Waals surface area (Å²) in [7, 11) is 0. The van der Waals surface area contributed by atoms with Crippen LogP contribution in [0.25, 0.3) is 125 Å². The Morgan fingerprint density at radius 1 is 0.195 bits per heavy atom. The van der Waals surface area contributed by atoms with Crippen molar-refractivity contribution >= 4 is 171 Å². The lowest BCUT2D eigenvalue weighted by Crippen LogP contribution is -1.74. The maximum Gasteiger partial charge on any atom is 0.230 e. The predicted octanol–water partition coefficient (Wildman–Crippen LogP) is 30.3. The fourth-order valence-corrected chi connectivity index (χ4v) is 15.0. The molecule has 0 spiro atoms. The Hall–Kier alpha value is -12.8. The van der Waals surface area contributed by atoms with Gasteiger partial charge in [0.05, 0.1) is 32.0 Å². The smallest absolute Gasteiger partial charge is 0.230 e. The Bertz CT molecular complexity index is 5180. The number of aromatic nitrogens is 12. The van der Waals surface area contributed by atoms with Gasteiger partial charge in [0.1, 0.15) is 64.3 Å². The molecule has 0 unspecified atom stereocenters. The van der Waals surface area contributed by atoms with Crippen LogP contribution in [-0.2, 0) is 0 Å². The molecule has 0 atom stereocenters. The van der Waals surface area contributed by atoms with E-state index in [1.54, 1.807) is 83.1 Å². The zero-order valence-corrected chi connectivity index (χ0v) is 73.4. The molecule has 600 valence electrons. The second-order valence-corrected chi connectivity index (χ2v) is 27.9. The van der Waals surface area contributed by atoms with Crippen molar-refractivity contribution in [1.82, 2.24) is 59.8 Å². The van der Waals surface area contributed by atoms with Crippen LogP contribution in [0, 0.1) is 27.7 Å². The topological polar surface area (TPSA) is 181 Å². The molecule has 18 heteroatoms. The zero-order chi connectivity index (χ0) is 84.5. The van der Waals surface area contributed by atoms with Crippen molar-refractivity contribution < 1.29 is 8.83 Å². The first-order chi connectivity index (χ1) is 58.3. The molecule has 22 rings (SSSR count). The molecule has 0 fully saturated rings. The van der Waals surface area contributed by atoms with Crippen LogP contribution in [0.3, 0.4) is 0 Å². The van der Waals surface area contributed by atoms with E-state index in [0.717, 1.165) is 79.3 Å². The van der Waals surface area contributed by atoms with Gasteiger partial charge in [-0.15, -0.1) is 45.3 Å². The Morgan fingerprint density at radius 3 is 0.856 bits per heavy atom. The third kappa shape index (κ3) is 27.1. The number of rotatable bonds is 0. The van der Waals surface area contributed by atoms with Crippen LogP contribution in [0.5, 0.6) is 0 Å². The van der Waals surface area contributed by atoms with Crippen LogP contribution >= 0.6 is 45.3 Å². The van der Waals surface area contributed by atoms with Gasteiger partial charge in [-0.25, -0.2) is 59.8 Å². The normalized spacial score (nSPS) is 9.69. The number of aryl methyl sites for hydroxylation is 4. The maximum absolute atomic E-state index is 5.53. The fraction of sp³-hybridized carbons (Fsp3) is 0.160. The second kappa shape index (κ2) is 52.6. The molecule has 0 bridgehead atoms. The summed E-state index contributed by atoms with van der Waals surface area (Å²) in [5, 5.41) is 10.4. The summed E-state index contributed by atoms with van der Waals surface area (Å²) in [6.45, 7) is 32.3. The lowest BCUT2D eigenvalue weighted by Gasteiger charge is -1.87. The van der Waals surface area contributed by atoms with E-state index < -0.39 is 0 Å². The van der Waals surface area contributed by atoms with Gasteiger partial charge < -0.3 is 8.83 Å². The van der Waals surface area contributed by atoms with E-state index in [4.69, 9.17) is 8.83 Å². The third-order valence-electron chi connectivity index (χ3n) is 16.1. The second-order valence-electron chi connectivity index (χ2n) is 23.6. The Morgan fingerprint density at radius 2 is 0.475 bits per heavy atom. The van der Waals surface area contributed by atoms with Gasteiger partial charge in [0.2, 0.25) is 5.71 Å². The summed E-state index contributed by atoms with van der Waals surface area (Å²) in [6.07, 6.45) is 20.4. The molecule has 0 radical (unpaired) electrons. The van der Waals surface area contributed by atoms with Crippen LogP contribution < -0.4 is 0 Å². The van der Waals surface area contributed by atoms with E-state index in [2.05, 4.69) is 185 Å². The number of para-hydroxylation sites is 2. The van der Waals surface area contributed by atoms with Crippen molar-refractivity contribution in [2.75, 3.05) is 0 Å². The minimum atomic E-state index is 0.649. The van der Waals surface area contributed by atoms with Crippen molar-refractivity contribution in [3.05, 3.63) is 364 Å². The van der Waals surface area contributed by atoms with Crippen LogP contribution in [0.4, 0.5) is 0 Å². The van der Waals surface area contributed by atoms with E-state index >= 15 is 0 Å². The lowest BCUT2D eigenvalue weighted by atomic mass is 10.2. The molecule has 0 aliphatic heterocycles. The van der Waals surface area contributed by atoms with E-state index in [9.17, 15) is 0 Å². The maximum atomic E-state index is 5.53. The number of hydrogen-bond acceptors (Lipinski definition) is 18. The summed E-state index contributed by atoms with van der Waals surface area (Å²) in [5.41, 5.74) is 11.4. The van der Waals surface area contributed by atoms with E-state index in [1.807, 2.05) is 278 Å². The number of thiophene rings is 4. The molecule has 10 aromatic carbocycles. The van der Waals surface area contributed by atoms with Gasteiger partial charge in [-0.1, -0.05) is 330 Å². The zero-order valence-electron chi connectivity index (χ0n) is 70.1. The molecule has 0 N–H and O–H groups in total. The van der Waals surface area contributed by atoms with Gasteiger partial charge in [0.25, 0.3) is 0 Å². The lowest BCUT2D eigenvalue weighted by molar-refractivity contribution is 0.653. The minimum absolute atomic E-state index is 0.649. The number of fused-ring (bicyclic) bond motifs is 18. The van der Waals surface area contributed by atoms with Crippen LogP contribution in [-0.4, -0.2) is 59.8 Å². The SMILES string of the molecule is CC.CC.CC.CC.CC.CC.Cc1ccccc1.Cc1ccccc1.Cc1ccccc1.Cc1ccccc1.c1ccc2c(c1)oc1cncnc12.c1ccc2c(c1)oc1ncncc12.c1ccc2c(c1)sc1cncnc12.c1ccc2c(c1)sc1cncnc12.c1ccc2c(c1)sc1ncncc12.c1ccc2c(c1)sc1ncncc12. The summed E-state index contributed by atoms with van der Waals surface area (Å²) in [4.78, 5) is 51.3. The molecule has 0 amide bonds. The van der Waals surface area contributed by atoms with Crippen LogP contribution in [0.15, 0.2) is 351 Å². The summed E-state index contributed by atoms with van der Waals surface area (Å²) in [5.74, 6) is 0. The molecule has 12 aromatic heterocycles. The standard InChI is InChI=1S/2C10H6N2O.4C10H6N2S.4C7H8.6C2H6/c1-2-4-9-7(3-1)8-5-11-6-12-10(8)13-9;1-2-4-8-7(3-1)10-9(13-8)5-11-6-12-10;2*1-2-4-9-7(3-1)8-5-11-6-12-10(8)13-9;2*1-2-4-8-7(3-1)10-9(13-8)5-11-6-12-10;4*1-7-5-3-2-4-6-7;6*1-2/h6*1-6H;4*2-6H,1H3;6*1-2H3. The summed E-state index contributed by atoms with van der Waals surface area (Å²) >= 11 is 6.89. The van der Waals surface area contributed by atoms with Crippen LogP contribution in [0.2, 0.25) is 0 Å². The first kappa shape index (κ1) is 92.3. The molecule has 0 saturated carbocycles. The monoisotopic (exact) mass is 1630 g/mol. The number of hydrogen-bond donors (Lipinski definition) is 0. The van der Waals surface area contributed by atoms with Crippen molar-refractivity contribution in [2.45, 2.75) is 111 Å².